The molecule has 2 heterocycles. The molecule has 2 aromatic rings. The molecular weight excluding hydrogens is 274 g/mol. The highest BCUT2D eigenvalue weighted by Crippen LogP contribution is 2.22. The molecule has 9 heteroatoms. The number of anilines is 2. The van der Waals surface area contributed by atoms with Crippen LogP contribution in [-0.2, 0) is 6.54 Å². The summed E-state index contributed by atoms with van der Waals surface area (Å²) in [5, 5.41) is 16.9. The molecule has 0 atom stereocenters. The van der Waals surface area contributed by atoms with Crippen molar-refractivity contribution in [3.05, 3.63) is 40.6 Å². The van der Waals surface area contributed by atoms with Gasteiger partial charge >= 0.3 is 5.69 Å². The van der Waals surface area contributed by atoms with Gasteiger partial charge in [0.1, 0.15) is 12.5 Å². The first-order valence-electron chi connectivity index (χ1n) is 6.44. The summed E-state index contributed by atoms with van der Waals surface area (Å²) in [6.07, 6.45) is 5.11. The van der Waals surface area contributed by atoms with Crippen LogP contribution in [0.15, 0.2) is 24.8 Å². The van der Waals surface area contributed by atoms with Crippen LogP contribution in [0.25, 0.3) is 0 Å². The molecular formula is C12H15N7O2. The molecule has 0 bridgehead atoms. The molecule has 2 aromatic heterocycles. The lowest BCUT2D eigenvalue weighted by atomic mass is 10.4. The van der Waals surface area contributed by atoms with E-state index < -0.39 is 4.92 Å². The highest BCUT2D eigenvalue weighted by molar-refractivity contribution is 5.56. The molecule has 0 aliphatic carbocycles. The molecule has 0 spiro atoms. The number of nitrogens with one attached hydrogen (secondary N) is 2. The van der Waals surface area contributed by atoms with Crippen LogP contribution in [0.5, 0.6) is 0 Å². The smallest absolute Gasteiger partial charge is 0.329 e. The minimum Gasteiger partial charge on any atom is -0.359 e. The monoisotopic (exact) mass is 289 g/mol. The van der Waals surface area contributed by atoms with Gasteiger partial charge in [-0.05, 0) is 12.5 Å². The lowest BCUT2D eigenvalue weighted by Crippen LogP contribution is -2.10. The summed E-state index contributed by atoms with van der Waals surface area (Å²) >= 11 is 0. The Morgan fingerprint density at radius 3 is 2.86 bits per heavy atom. The molecule has 9 nitrogen and oxygen atoms in total. The van der Waals surface area contributed by atoms with Crippen LogP contribution in [0.3, 0.4) is 0 Å². The Hall–Kier alpha value is -2.84. The fourth-order valence-corrected chi connectivity index (χ4v) is 1.56. The lowest BCUT2D eigenvalue weighted by Gasteiger charge is -2.08. The average Bonchev–Trinajstić information content (AvgIpc) is 2.51. The number of aromatic nitrogens is 4. The molecule has 0 aliphatic heterocycles. The third-order valence-corrected chi connectivity index (χ3v) is 2.58. The summed E-state index contributed by atoms with van der Waals surface area (Å²) in [6, 6.07) is 1.72. The Kier molecular flexibility index (Phi) is 4.91. The zero-order valence-corrected chi connectivity index (χ0v) is 11.5. The molecule has 2 rings (SSSR count). The van der Waals surface area contributed by atoms with Crippen molar-refractivity contribution in [3.63, 3.8) is 0 Å². The predicted octanol–water partition coefficient (Wildman–Crippen LogP) is 1.61. The summed E-state index contributed by atoms with van der Waals surface area (Å²) in [4.78, 5) is 26.4. The Morgan fingerprint density at radius 1 is 1.33 bits per heavy atom. The van der Waals surface area contributed by atoms with Gasteiger partial charge in [0, 0.05) is 12.7 Å². The van der Waals surface area contributed by atoms with Crippen molar-refractivity contribution in [2.45, 2.75) is 19.9 Å². The Balaban J connectivity index is 2.16. The summed E-state index contributed by atoms with van der Waals surface area (Å²) in [7, 11) is 0. The molecule has 0 fully saturated rings. The van der Waals surface area contributed by atoms with Gasteiger partial charge in [-0.25, -0.2) is 15.0 Å². The van der Waals surface area contributed by atoms with E-state index in [1.54, 1.807) is 12.3 Å². The van der Waals surface area contributed by atoms with Gasteiger partial charge in [0.2, 0.25) is 11.8 Å². The maximum atomic E-state index is 11.0. The van der Waals surface area contributed by atoms with Crippen molar-refractivity contribution in [2.75, 3.05) is 17.2 Å². The van der Waals surface area contributed by atoms with E-state index in [-0.39, 0.29) is 11.5 Å². The number of rotatable bonds is 7. The van der Waals surface area contributed by atoms with Crippen LogP contribution in [-0.4, -0.2) is 31.4 Å². The zero-order chi connectivity index (χ0) is 15.1. The maximum absolute atomic E-state index is 11.0. The third kappa shape index (κ3) is 4.06. The first kappa shape index (κ1) is 14.6. The Labute approximate surface area is 121 Å². The van der Waals surface area contributed by atoms with Gasteiger partial charge in [-0.1, -0.05) is 6.92 Å². The first-order valence-corrected chi connectivity index (χ1v) is 6.44. The van der Waals surface area contributed by atoms with Crippen molar-refractivity contribution in [1.82, 2.24) is 19.9 Å². The van der Waals surface area contributed by atoms with E-state index >= 15 is 0 Å². The molecule has 110 valence electrons. The standard InChI is InChI=1S/C12H15N7O2/c1-2-4-14-12-16-7-10(19(20)21)11(18-12)15-6-9-3-5-13-8-17-9/h3,5,7-8H,2,4,6H2,1H3,(H2,14,15,16,18). The van der Waals surface area contributed by atoms with Crippen molar-refractivity contribution in [2.24, 2.45) is 0 Å². The highest BCUT2D eigenvalue weighted by atomic mass is 16.6. The quantitative estimate of drug-likeness (QED) is 0.582. The van der Waals surface area contributed by atoms with Crippen LogP contribution >= 0.6 is 0 Å². The lowest BCUT2D eigenvalue weighted by molar-refractivity contribution is -0.384. The molecule has 0 saturated carbocycles. The fraction of sp³-hybridized carbons (Fsp3) is 0.333. The SMILES string of the molecule is CCCNc1ncc([N+](=O)[O-])c(NCc2ccncn2)n1. The molecule has 0 saturated heterocycles. The normalized spacial score (nSPS) is 10.1. The summed E-state index contributed by atoms with van der Waals surface area (Å²) in [5.41, 5.74) is 0.534. The fourth-order valence-electron chi connectivity index (χ4n) is 1.56. The van der Waals surface area contributed by atoms with E-state index in [2.05, 4.69) is 30.6 Å². The van der Waals surface area contributed by atoms with E-state index in [9.17, 15) is 10.1 Å². The predicted molar refractivity (Wildman–Crippen MR) is 76.8 cm³/mol. The topological polar surface area (TPSA) is 119 Å². The summed E-state index contributed by atoms with van der Waals surface area (Å²) < 4.78 is 0. The second-order valence-electron chi connectivity index (χ2n) is 4.17. The van der Waals surface area contributed by atoms with Crippen LogP contribution < -0.4 is 10.6 Å². The molecule has 0 aromatic carbocycles. The van der Waals surface area contributed by atoms with Gasteiger partial charge in [0.05, 0.1) is 17.2 Å². The summed E-state index contributed by atoms with van der Waals surface area (Å²) in [6.45, 7) is 3.02. The minimum atomic E-state index is -0.522. The molecule has 0 unspecified atom stereocenters. The molecule has 2 N–H and O–H groups in total. The molecule has 21 heavy (non-hydrogen) atoms. The van der Waals surface area contributed by atoms with Crippen molar-refractivity contribution in [3.8, 4) is 0 Å². The molecule has 0 amide bonds. The second-order valence-corrected chi connectivity index (χ2v) is 4.17. The third-order valence-electron chi connectivity index (χ3n) is 2.58. The van der Waals surface area contributed by atoms with E-state index in [4.69, 9.17) is 0 Å². The minimum absolute atomic E-state index is 0.159. The van der Waals surface area contributed by atoms with Gasteiger partial charge in [0.25, 0.3) is 0 Å². The van der Waals surface area contributed by atoms with Gasteiger partial charge in [-0.3, -0.25) is 10.1 Å². The Bertz CT molecular complexity index is 606. The molecule has 0 aliphatic rings. The number of nitrogens with zero attached hydrogens (tertiary/aromatic N) is 5. The van der Waals surface area contributed by atoms with Crippen molar-refractivity contribution < 1.29 is 4.92 Å². The van der Waals surface area contributed by atoms with Gasteiger partial charge < -0.3 is 10.6 Å². The van der Waals surface area contributed by atoms with Crippen LogP contribution in [0, 0.1) is 10.1 Å². The average molecular weight is 289 g/mol. The van der Waals surface area contributed by atoms with E-state index in [1.165, 1.54) is 12.5 Å². The van der Waals surface area contributed by atoms with Crippen LogP contribution in [0.1, 0.15) is 19.0 Å². The Morgan fingerprint density at radius 2 is 2.19 bits per heavy atom. The van der Waals surface area contributed by atoms with E-state index in [0.29, 0.717) is 24.7 Å². The largest absolute Gasteiger partial charge is 0.359 e. The van der Waals surface area contributed by atoms with Gasteiger partial charge in [-0.2, -0.15) is 4.98 Å². The highest BCUT2D eigenvalue weighted by Gasteiger charge is 2.17. The van der Waals surface area contributed by atoms with Crippen LogP contribution in [0.2, 0.25) is 0 Å². The first-order chi connectivity index (χ1) is 10.2. The van der Waals surface area contributed by atoms with E-state index in [0.717, 1.165) is 6.42 Å². The summed E-state index contributed by atoms with van der Waals surface area (Å²) in [5.74, 6) is 0.514. The molecule has 0 radical (unpaired) electrons. The van der Waals surface area contributed by atoms with E-state index in [1.807, 2.05) is 6.92 Å². The number of nitro groups is 1. The maximum Gasteiger partial charge on any atom is 0.329 e. The van der Waals surface area contributed by atoms with Crippen LogP contribution in [0.4, 0.5) is 17.5 Å². The van der Waals surface area contributed by atoms with Gasteiger partial charge in [0.15, 0.2) is 0 Å². The van der Waals surface area contributed by atoms with Crippen molar-refractivity contribution >= 4 is 17.5 Å². The number of hydrogen-bond acceptors (Lipinski definition) is 8. The zero-order valence-electron chi connectivity index (χ0n) is 11.5. The van der Waals surface area contributed by atoms with Gasteiger partial charge in [-0.15, -0.1) is 0 Å². The van der Waals surface area contributed by atoms with Crippen molar-refractivity contribution in [1.29, 1.82) is 0 Å². The number of hydrogen-bond donors (Lipinski definition) is 2. The second kappa shape index (κ2) is 7.08.